The number of hydrogen-bond acceptors (Lipinski definition) is 4. The molecule has 0 radical (unpaired) electrons. The van der Waals surface area contributed by atoms with Crippen molar-refractivity contribution in [2.24, 2.45) is 0 Å². The van der Waals surface area contributed by atoms with Gasteiger partial charge in [0.05, 0.1) is 34.7 Å². The molecule has 1 aromatic carbocycles. The first-order valence-electron chi connectivity index (χ1n) is 7.57. The first kappa shape index (κ1) is 19.8. The van der Waals surface area contributed by atoms with Crippen molar-refractivity contribution < 1.29 is 31.5 Å². The largest absolute Gasteiger partial charge is 0.435 e. The third-order valence-electron chi connectivity index (χ3n) is 3.59. The molecular weight excluding hydrogens is 411 g/mol. The first-order chi connectivity index (χ1) is 13.1. The molecule has 0 unspecified atom stereocenters. The number of hydrogen-bond donors (Lipinski definition) is 2. The van der Waals surface area contributed by atoms with Crippen LogP contribution in [-0.4, -0.2) is 27.5 Å². The smallest absolute Gasteiger partial charge is 0.418 e. The Morgan fingerprint density at radius 3 is 2.64 bits per heavy atom. The van der Waals surface area contributed by atoms with Gasteiger partial charge in [-0.15, -0.1) is 0 Å². The molecule has 2 heterocycles. The van der Waals surface area contributed by atoms with Crippen LogP contribution in [0.1, 0.15) is 21.7 Å². The van der Waals surface area contributed by atoms with Crippen LogP contribution in [0, 0.1) is 0 Å². The Morgan fingerprint density at radius 2 is 2.04 bits per heavy atom. The number of imidazole rings is 1. The number of halogens is 6. The molecule has 2 aromatic heterocycles. The number of ether oxygens (including phenoxy) is 1. The molecule has 148 valence electrons. The van der Waals surface area contributed by atoms with Crippen LogP contribution < -0.4 is 10.1 Å². The van der Waals surface area contributed by atoms with Crippen molar-refractivity contribution in [3.05, 3.63) is 52.7 Å². The van der Waals surface area contributed by atoms with E-state index in [1.165, 1.54) is 12.5 Å². The fourth-order valence-corrected chi connectivity index (χ4v) is 2.66. The highest BCUT2D eigenvalue weighted by molar-refractivity contribution is 6.35. The maximum absolute atomic E-state index is 13.4. The number of aromatic amines is 1. The molecule has 0 bridgehead atoms. The maximum atomic E-state index is 13.4. The first-order valence-corrected chi connectivity index (χ1v) is 7.94. The molecule has 0 aliphatic heterocycles. The Morgan fingerprint density at radius 1 is 1.29 bits per heavy atom. The van der Waals surface area contributed by atoms with Crippen LogP contribution in [-0.2, 0) is 12.7 Å². The van der Waals surface area contributed by atoms with Crippen molar-refractivity contribution in [2.45, 2.75) is 19.3 Å². The summed E-state index contributed by atoms with van der Waals surface area (Å²) in [4.78, 5) is 22.5. The van der Waals surface area contributed by atoms with Crippen LogP contribution in [0.25, 0.3) is 10.9 Å². The normalized spacial score (nSPS) is 11.8. The zero-order valence-corrected chi connectivity index (χ0v) is 14.4. The standard InChI is InChI=1S/C16H10ClF5N4O2/c17-11-3-12(14(27)24-5-7-4-23-6-25-7)26-13-9(11)1-8(28-15(18)19)2-10(13)16(20,21)22/h1-4,6,15H,5H2,(H,23,25)(H,24,27). The highest BCUT2D eigenvalue weighted by atomic mass is 35.5. The van der Waals surface area contributed by atoms with E-state index in [0.717, 1.165) is 12.1 Å². The topological polar surface area (TPSA) is 79.9 Å². The minimum atomic E-state index is -4.94. The monoisotopic (exact) mass is 420 g/mol. The number of aromatic nitrogens is 3. The number of carbonyl (C=O) groups is 1. The lowest BCUT2D eigenvalue weighted by atomic mass is 10.1. The Balaban J connectivity index is 2.04. The molecule has 0 atom stereocenters. The summed E-state index contributed by atoms with van der Waals surface area (Å²) in [6, 6.07) is 2.32. The van der Waals surface area contributed by atoms with E-state index >= 15 is 0 Å². The van der Waals surface area contributed by atoms with E-state index < -0.39 is 35.5 Å². The predicted octanol–water partition coefficient (Wildman–Crippen LogP) is 4.16. The molecule has 0 spiro atoms. The van der Waals surface area contributed by atoms with Gasteiger partial charge in [-0.2, -0.15) is 22.0 Å². The molecule has 3 aromatic rings. The summed E-state index contributed by atoms with van der Waals surface area (Å²) in [5.41, 5.74) is -1.82. The number of nitrogens with zero attached hydrogens (tertiary/aromatic N) is 2. The van der Waals surface area contributed by atoms with E-state index in [1.807, 2.05) is 0 Å². The van der Waals surface area contributed by atoms with Gasteiger partial charge in [0, 0.05) is 11.6 Å². The van der Waals surface area contributed by atoms with Gasteiger partial charge in [0.2, 0.25) is 0 Å². The van der Waals surface area contributed by atoms with Crippen LogP contribution >= 0.6 is 11.6 Å². The second kappa shape index (κ2) is 7.58. The average molecular weight is 421 g/mol. The number of rotatable bonds is 5. The summed E-state index contributed by atoms with van der Waals surface area (Å²) < 4.78 is 69.1. The van der Waals surface area contributed by atoms with Crippen molar-refractivity contribution in [2.75, 3.05) is 0 Å². The third-order valence-corrected chi connectivity index (χ3v) is 3.91. The summed E-state index contributed by atoms with van der Waals surface area (Å²) in [6.07, 6.45) is -2.10. The Bertz CT molecular complexity index is 1010. The molecular formula is C16H10ClF5N4O2. The molecule has 12 heteroatoms. The Kier molecular flexibility index (Phi) is 5.36. The molecule has 6 nitrogen and oxygen atoms in total. The molecule has 28 heavy (non-hydrogen) atoms. The van der Waals surface area contributed by atoms with Crippen LogP contribution in [0.3, 0.4) is 0 Å². The molecule has 2 N–H and O–H groups in total. The quantitative estimate of drug-likeness (QED) is 0.607. The number of H-pyrrole nitrogens is 1. The molecule has 0 saturated heterocycles. The molecule has 0 aliphatic carbocycles. The fourth-order valence-electron chi connectivity index (χ4n) is 2.41. The maximum Gasteiger partial charge on any atom is 0.418 e. The number of carbonyl (C=O) groups excluding carboxylic acids is 1. The Hall–Kier alpha value is -2.95. The highest BCUT2D eigenvalue weighted by Crippen LogP contribution is 2.39. The predicted molar refractivity (Wildman–Crippen MR) is 88.1 cm³/mol. The van der Waals surface area contributed by atoms with Crippen molar-refractivity contribution in [1.82, 2.24) is 20.3 Å². The van der Waals surface area contributed by atoms with Crippen molar-refractivity contribution >= 4 is 28.4 Å². The summed E-state index contributed by atoms with van der Waals surface area (Å²) in [6.45, 7) is -3.29. The van der Waals surface area contributed by atoms with Gasteiger partial charge in [0.15, 0.2) is 0 Å². The van der Waals surface area contributed by atoms with Crippen molar-refractivity contribution in [1.29, 1.82) is 0 Å². The summed E-state index contributed by atoms with van der Waals surface area (Å²) in [5, 5.41) is 1.90. The number of benzene rings is 1. The van der Waals surface area contributed by atoms with Gasteiger partial charge in [-0.25, -0.2) is 9.97 Å². The minimum Gasteiger partial charge on any atom is -0.435 e. The number of alkyl halides is 5. The second-order valence-electron chi connectivity index (χ2n) is 5.49. The van der Waals surface area contributed by atoms with E-state index in [1.54, 1.807) is 0 Å². The van der Waals surface area contributed by atoms with E-state index in [4.69, 9.17) is 11.6 Å². The summed E-state index contributed by atoms with van der Waals surface area (Å²) >= 11 is 5.99. The zero-order valence-electron chi connectivity index (χ0n) is 13.6. The number of fused-ring (bicyclic) bond motifs is 1. The molecule has 0 fully saturated rings. The van der Waals surface area contributed by atoms with E-state index in [-0.39, 0.29) is 22.6 Å². The summed E-state index contributed by atoms with van der Waals surface area (Å²) in [7, 11) is 0. The van der Waals surface area contributed by atoms with Crippen LogP contribution in [0.4, 0.5) is 22.0 Å². The van der Waals surface area contributed by atoms with E-state index in [9.17, 15) is 26.7 Å². The lowest BCUT2D eigenvalue weighted by molar-refractivity contribution is -0.136. The molecule has 1 amide bonds. The minimum absolute atomic E-state index is 0.0312. The average Bonchev–Trinajstić information content (AvgIpc) is 3.11. The van der Waals surface area contributed by atoms with Gasteiger partial charge in [0.25, 0.3) is 5.91 Å². The van der Waals surface area contributed by atoms with Gasteiger partial charge in [0.1, 0.15) is 11.4 Å². The zero-order chi connectivity index (χ0) is 20.5. The van der Waals surface area contributed by atoms with Gasteiger partial charge in [-0.05, 0) is 18.2 Å². The third kappa shape index (κ3) is 4.30. The van der Waals surface area contributed by atoms with Gasteiger partial charge in [-0.1, -0.05) is 11.6 Å². The Labute approximate surface area is 158 Å². The molecule has 3 rings (SSSR count). The van der Waals surface area contributed by atoms with E-state index in [0.29, 0.717) is 11.8 Å². The highest BCUT2D eigenvalue weighted by Gasteiger charge is 2.35. The number of pyridine rings is 1. The SMILES string of the molecule is O=C(NCc1cnc[nH]1)c1cc(Cl)c2cc(OC(F)F)cc(C(F)(F)F)c2n1. The fraction of sp³-hybridized carbons (Fsp3) is 0.188. The van der Waals surface area contributed by atoms with Gasteiger partial charge in [-0.3, -0.25) is 4.79 Å². The van der Waals surface area contributed by atoms with Crippen LogP contribution in [0.2, 0.25) is 5.02 Å². The number of amides is 1. The lowest BCUT2D eigenvalue weighted by Crippen LogP contribution is -2.24. The molecule has 0 aliphatic rings. The summed E-state index contributed by atoms with van der Waals surface area (Å²) in [5.74, 6) is -1.51. The van der Waals surface area contributed by atoms with Crippen LogP contribution in [0.15, 0.2) is 30.7 Å². The van der Waals surface area contributed by atoms with Gasteiger partial charge >= 0.3 is 12.8 Å². The van der Waals surface area contributed by atoms with Crippen molar-refractivity contribution in [3.8, 4) is 5.75 Å². The second-order valence-corrected chi connectivity index (χ2v) is 5.90. The van der Waals surface area contributed by atoms with Gasteiger partial charge < -0.3 is 15.0 Å². The van der Waals surface area contributed by atoms with Crippen LogP contribution in [0.5, 0.6) is 5.75 Å². The molecule has 0 saturated carbocycles. The van der Waals surface area contributed by atoms with E-state index in [2.05, 4.69) is 25.0 Å². The van der Waals surface area contributed by atoms with Crippen molar-refractivity contribution in [3.63, 3.8) is 0 Å². The lowest BCUT2D eigenvalue weighted by Gasteiger charge is -2.14. The number of nitrogens with one attached hydrogen (secondary N) is 2.